The Morgan fingerprint density at radius 2 is 1.70 bits per heavy atom. The number of carbonyl (C=O) groups is 1. The van der Waals surface area contributed by atoms with Crippen LogP contribution >= 0.6 is 23.2 Å². The van der Waals surface area contributed by atoms with Gasteiger partial charge in [0.1, 0.15) is 6.04 Å². The fourth-order valence-corrected chi connectivity index (χ4v) is 2.15. The van der Waals surface area contributed by atoms with Crippen molar-refractivity contribution in [1.29, 1.82) is 0 Å². The first-order valence-electron chi connectivity index (χ1n) is 5.75. The Morgan fingerprint density at radius 1 is 1.15 bits per heavy atom. The number of nitrogens with two attached hydrogens (primary N) is 1. The summed E-state index contributed by atoms with van der Waals surface area (Å²) < 4.78 is 13.3. The molecule has 0 heterocycles. The van der Waals surface area contributed by atoms with Gasteiger partial charge in [0.25, 0.3) is 0 Å². The first-order chi connectivity index (χ1) is 9.49. The summed E-state index contributed by atoms with van der Waals surface area (Å²) in [6.45, 7) is 0. The van der Waals surface area contributed by atoms with Gasteiger partial charge in [0, 0.05) is 5.69 Å². The Balaban J connectivity index is 2.16. The van der Waals surface area contributed by atoms with E-state index in [1.165, 1.54) is 12.1 Å². The SMILES string of the molecule is N[C@@H](C(=O)Nc1cc(Cl)c(F)c(Cl)c1)c1ccccc1. The second-order valence-corrected chi connectivity index (χ2v) is 4.95. The third-order valence-corrected chi connectivity index (χ3v) is 3.24. The maximum atomic E-state index is 13.3. The molecule has 2 aromatic rings. The number of nitrogens with one attached hydrogen (secondary N) is 1. The summed E-state index contributed by atoms with van der Waals surface area (Å²) >= 11 is 11.3. The molecule has 2 aromatic carbocycles. The Bertz CT molecular complexity index is 611. The highest BCUT2D eigenvalue weighted by Gasteiger charge is 2.16. The van der Waals surface area contributed by atoms with Gasteiger partial charge in [0.15, 0.2) is 5.82 Å². The quantitative estimate of drug-likeness (QED) is 0.848. The predicted molar refractivity (Wildman–Crippen MR) is 78.4 cm³/mol. The van der Waals surface area contributed by atoms with Gasteiger partial charge in [-0.3, -0.25) is 4.79 Å². The lowest BCUT2D eigenvalue weighted by molar-refractivity contribution is -0.117. The molecule has 0 fully saturated rings. The summed E-state index contributed by atoms with van der Waals surface area (Å²) in [6.07, 6.45) is 0. The molecular formula is C14H11Cl2FN2O. The van der Waals surface area contributed by atoms with Crippen LogP contribution in [-0.4, -0.2) is 5.91 Å². The van der Waals surface area contributed by atoms with Crippen LogP contribution < -0.4 is 11.1 Å². The number of rotatable bonds is 3. The van der Waals surface area contributed by atoms with Crippen molar-refractivity contribution in [2.45, 2.75) is 6.04 Å². The van der Waals surface area contributed by atoms with Crippen LogP contribution in [0.15, 0.2) is 42.5 Å². The number of hydrogen-bond acceptors (Lipinski definition) is 2. The van der Waals surface area contributed by atoms with Gasteiger partial charge in [-0.1, -0.05) is 53.5 Å². The van der Waals surface area contributed by atoms with Crippen molar-refractivity contribution in [2.24, 2.45) is 5.73 Å². The van der Waals surface area contributed by atoms with Crippen molar-refractivity contribution < 1.29 is 9.18 Å². The largest absolute Gasteiger partial charge is 0.324 e. The first kappa shape index (κ1) is 14.8. The molecule has 0 spiro atoms. The van der Waals surface area contributed by atoms with Crippen LogP contribution in [0, 0.1) is 5.82 Å². The summed E-state index contributed by atoms with van der Waals surface area (Å²) in [5.41, 5.74) is 6.80. The lowest BCUT2D eigenvalue weighted by Gasteiger charge is -2.13. The van der Waals surface area contributed by atoms with Gasteiger partial charge in [-0.15, -0.1) is 0 Å². The molecule has 0 unspecified atom stereocenters. The average Bonchev–Trinajstić information content (AvgIpc) is 2.44. The summed E-state index contributed by atoms with van der Waals surface area (Å²) in [6, 6.07) is 10.6. The van der Waals surface area contributed by atoms with E-state index >= 15 is 0 Å². The van der Waals surface area contributed by atoms with Gasteiger partial charge in [-0.2, -0.15) is 0 Å². The Morgan fingerprint density at radius 3 is 2.25 bits per heavy atom. The topological polar surface area (TPSA) is 55.1 Å². The summed E-state index contributed by atoms with van der Waals surface area (Å²) in [7, 11) is 0. The van der Waals surface area contributed by atoms with E-state index in [0.717, 1.165) is 0 Å². The van der Waals surface area contributed by atoms with Crippen LogP contribution in [0.2, 0.25) is 10.0 Å². The van der Waals surface area contributed by atoms with E-state index in [-0.39, 0.29) is 15.7 Å². The van der Waals surface area contributed by atoms with Gasteiger partial charge in [0.2, 0.25) is 5.91 Å². The standard InChI is InChI=1S/C14H11Cl2FN2O/c15-10-6-9(7-11(16)12(10)17)19-14(20)13(18)8-4-2-1-3-5-8/h1-7,13H,18H2,(H,19,20)/t13-/m1/s1. The summed E-state index contributed by atoms with van der Waals surface area (Å²) in [5.74, 6) is -1.16. The molecular weight excluding hydrogens is 302 g/mol. The van der Waals surface area contributed by atoms with Gasteiger partial charge in [0.05, 0.1) is 10.0 Å². The molecule has 1 amide bonds. The molecule has 0 aliphatic rings. The smallest absolute Gasteiger partial charge is 0.245 e. The highest BCUT2D eigenvalue weighted by Crippen LogP contribution is 2.27. The predicted octanol–water partition coefficient (Wildman–Crippen LogP) is 3.77. The first-order valence-corrected chi connectivity index (χ1v) is 6.50. The van der Waals surface area contributed by atoms with Crippen LogP contribution in [-0.2, 0) is 4.79 Å². The van der Waals surface area contributed by atoms with Crippen molar-refractivity contribution >= 4 is 34.8 Å². The minimum atomic E-state index is -0.834. The molecule has 3 nitrogen and oxygen atoms in total. The van der Waals surface area contributed by atoms with E-state index in [0.29, 0.717) is 5.56 Å². The number of amides is 1. The van der Waals surface area contributed by atoms with Crippen molar-refractivity contribution in [1.82, 2.24) is 0 Å². The van der Waals surface area contributed by atoms with E-state index < -0.39 is 17.8 Å². The highest BCUT2D eigenvalue weighted by molar-refractivity contribution is 6.35. The summed E-state index contributed by atoms with van der Waals surface area (Å²) in [4.78, 5) is 12.0. The average molecular weight is 313 g/mol. The Hall–Kier alpha value is -1.62. The van der Waals surface area contributed by atoms with Crippen LogP contribution in [0.5, 0.6) is 0 Å². The number of benzene rings is 2. The lowest BCUT2D eigenvalue weighted by Crippen LogP contribution is -2.27. The van der Waals surface area contributed by atoms with Crippen molar-refractivity contribution in [3.63, 3.8) is 0 Å². The van der Waals surface area contributed by atoms with E-state index in [4.69, 9.17) is 28.9 Å². The molecule has 104 valence electrons. The van der Waals surface area contributed by atoms with Crippen LogP contribution in [0.4, 0.5) is 10.1 Å². The molecule has 0 saturated carbocycles. The zero-order chi connectivity index (χ0) is 14.7. The second-order valence-electron chi connectivity index (χ2n) is 4.13. The molecule has 2 rings (SSSR count). The van der Waals surface area contributed by atoms with Gasteiger partial charge in [-0.25, -0.2) is 4.39 Å². The van der Waals surface area contributed by atoms with Crippen molar-refractivity contribution in [3.8, 4) is 0 Å². The minimum Gasteiger partial charge on any atom is -0.324 e. The zero-order valence-electron chi connectivity index (χ0n) is 10.2. The molecule has 0 aliphatic carbocycles. The van der Waals surface area contributed by atoms with Crippen LogP contribution in [0.25, 0.3) is 0 Å². The van der Waals surface area contributed by atoms with Gasteiger partial charge in [-0.05, 0) is 17.7 Å². The van der Waals surface area contributed by atoms with Gasteiger partial charge < -0.3 is 11.1 Å². The molecule has 0 aliphatic heterocycles. The molecule has 0 aromatic heterocycles. The van der Waals surface area contributed by atoms with E-state index in [1.54, 1.807) is 24.3 Å². The molecule has 0 saturated heterocycles. The third-order valence-electron chi connectivity index (χ3n) is 2.69. The zero-order valence-corrected chi connectivity index (χ0v) is 11.8. The second kappa shape index (κ2) is 6.22. The van der Waals surface area contributed by atoms with E-state index in [9.17, 15) is 9.18 Å². The summed E-state index contributed by atoms with van der Waals surface area (Å²) in [5, 5.41) is 2.22. The third kappa shape index (κ3) is 3.28. The normalized spacial score (nSPS) is 12.0. The van der Waals surface area contributed by atoms with Crippen LogP contribution in [0.1, 0.15) is 11.6 Å². The number of hydrogen-bond donors (Lipinski definition) is 2. The maximum absolute atomic E-state index is 13.3. The molecule has 0 bridgehead atoms. The molecule has 1 atom stereocenters. The Labute approximate surface area is 125 Å². The van der Waals surface area contributed by atoms with E-state index in [2.05, 4.69) is 5.32 Å². The lowest BCUT2D eigenvalue weighted by atomic mass is 10.1. The molecule has 6 heteroatoms. The molecule has 0 radical (unpaired) electrons. The van der Waals surface area contributed by atoms with E-state index in [1.807, 2.05) is 6.07 Å². The Kier molecular flexibility index (Phi) is 4.60. The number of halogens is 3. The van der Waals surface area contributed by atoms with Crippen molar-refractivity contribution in [3.05, 3.63) is 63.9 Å². The maximum Gasteiger partial charge on any atom is 0.245 e. The van der Waals surface area contributed by atoms with Gasteiger partial charge >= 0.3 is 0 Å². The molecule has 20 heavy (non-hydrogen) atoms. The van der Waals surface area contributed by atoms with Crippen molar-refractivity contribution in [2.75, 3.05) is 5.32 Å². The molecule has 3 N–H and O–H groups in total. The minimum absolute atomic E-state index is 0.166. The highest BCUT2D eigenvalue weighted by atomic mass is 35.5. The fourth-order valence-electron chi connectivity index (χ4n) is 1.66. The number of carbonyl (C=O) groups excluding carboxylic acids is 1. The monoisotopic (exact) mass is 312 g/mol. The van der Waals surface area contributed by atoms with Crippen LogP contribution in [0.3, 0.4) is 0 Å². The number of anilines is 1. The fraction of sp³-hybridized carbons (Fsp3) is 0.0714.